The number of likely N-dealkylation sites (tertiary alicyclic amines) is 1. The van der Waals surface area contributed by atoms with E-state index in [0.29, 0.717) is 37.9 Å². The zero-order valence-electron chi connectivity index (χ0n) is 15.5. The summed E-state index contributed by atoms with van der Waals surface area (Å²) in [6, 6.07) is 9.78. The van der Waals surface area contributed by atoms with Gasteiger partial charge in [0.15, 0.2) is 0 Å². The van der Waals surface area contributed by atoms with Crippen molar-refractivity contribution in [3.05, 3.63) is 36.0 Å². The van der Waals surface area contributed by atoms with E-state index in [1.54, 1.807) is 0 Å². The molecular weight excluding hydrogens is 346 g/mol. The highest BCUT2D eigenvalue weighted by Crippen LogP contribution is 2.42. The molecule has 1 atom stereocenters. The summed E-state index contributed by atoms with van der Waals surface area (Å²) in [5.74, 6) is 0.265. The van der Waals surface area contributed by atoms with Gasteiger partial charge in [0.1, 0.15) is 17.9 Å². The van der Waals surface area contributed by atoms with Crippen LogP contribution in [0.5, 0.6) is 0 Å². The van der Waals surface area contributed by atoms with E-state index in [1.165, 1.54) is 7.11 Å². The van der Waals surface area contributed by atoms with E-state index in [1.807, 2.05) is 35.2 Å². The number of amides is 2. The van der Waals surface area contributed by atoms with Gasteiger partial charge in [-0.1, -0.05) is 18.2 Å². The Balaban J connectivity index is 1.34. The molecule has 2 aliphatic heterocycles. The molecule has 2 saturated heterocycles. The van der Waals surface area contributed by atoms with Crippen molar-refractivity contribution in [2.45, 2.75) is 18.4 Å². The fourth-order valence-corrected chi connectivity index (χ4v) is 4.21. The molecule has 2 aliphatic rings. The summed E-state index contributed by atoms with van der Waals surface area (Å²) in [6.45, 7) is 2.62. The van der Waals surface area contributed by atoms with Crippen molar-refractivity contribution in [2.24, 2.45) is 5.92 Å². The topological polar surface area (TPSA) is 83.7 Å². The van der Waals surface area contributed by atoms with Crippen LogP contribution in [0.15, 0.2) is 30.3 Å². The number of hydrogen-bond acceptors (Lipinski definition) is 4. The molecule has 1 aromatic carbocycles. The Kier molecular flexibility index (Phi) is 4.88. The van der Waals surface area contributed by atoms with Gasteiger partial charge in [-0.3, -0.25) is 9.59 Å². The summed E-state index contributed by atoms with van der Waals surface area (Å²) in [6.07, 6.45) is 1.82. The zero-order chi connectivity index (χ0) is 18.9. The van der Waals surface area contributed by atoms with Gasteiger partial charge in [-0.05, 0) is 30.9 Å². The molecule has 0 bridgehead atoms. The van der Waals surface area contributed by atoms with Crippen molar-refractivity contribution in [3.8, 4) is 0 Å². The first-order valence-electron chi connectivity index (χ1n) is 9.38. The lowest BCUT2D eigenvalue weighted by Crippen LogP contribution is -2.66. The number of nitrogens with one attached hydrogen (secondary N) is 2. The molecule has 144 valence electrons. The summed E-state index contributed by atoms with van der Waals surface area (Å²) in [4.78, 5) is 29.3. The van der Waals surface area contributed by atoms with E-state index in [0.717, 1.165) is 23.7 Å². The van der Waals surface area contributed by atoms with Gasteiger partial charge in [0.05, 0.1) is 13.1 Å². The van der Waals surface area contributed by atoms with Crippen LogP contribution in [0, 0.1) is 5.92 Å². The number of carbonyl (C=O) groups is 2. The number of para-hydroxylation sites is 1. The third-order valence-electron chi connectivity index (χ3n) is 5.65. The van der Waals surface area contributed by atoms with Gasteiger partial charge in [-0.15, -0.1) is 0 Å². The van der Waals surface area contributed by atoms with Gasteiger partial charge >= 0.3 is 0 Å². The van der Waals surface area contributed by atoms with E-state index in [9.17, 15) is 9.59 Å². The van der Waals surface area contributed by atoms with Crippen molar-refractivity contribution < 1.29 is 19.1 Å². The Morgan fingerprint density at radius 3 is 2.96 bits per heavy atom. The lowest BCUT2D eigenvalue weighted by molar-refractivity contribution is -0.126. The quantitative estimate of drug-likeness (QED) is 0.807. The minimum Gasteiger partial charge on any atom is -0.375 e. The maximum Gasteiger partial charge on any atom is 0.270 e. The van der Waals surface area contributed by atoms with E-state index < -0.39 is 0 Å². The number of ether oxygens (including phenoxy) is 2. The molecule has 0 radical (unpaired) electrons. The highest BCUT2D eigenvalue weighted by atomic mass is 16.5. The predicted octanol–water partition coefficient (Wildman–Crippen LogP) is 1.55. The Morgan fingerprint density at radius 1 is 1.37 bits per heavy atom. The van der Waals surface area contributed by atoms with Crippen LogP contribution in [0.4, 0.5) is 0 Å². The van der Waals surface area contributed by atoms with E-state index in [4.69, 9.17) is 9.47 Å². The van der Waals surface area contributed by atoms with E-state index >= 15 is 0 Å². The van der Waals surface area contributed by atoms with E-state index in [2.05, 4.69) is 10.3 Å². The van der Waals surface area contributed by atoms with Crippen LogP contribution in [0.2, 0.25) is 0 Å². The molecule has 2 aromatic rings. The molecule has 3 heterocycles. The highest BCUT2D eigenvalue weighted by molar-refractivity contribution is 5.98. The Morgan fingerprint density at radius 2 is 2.19 bits per heavy atom. The number of aromatic nitrogens is 1. The maximum atomic E-state index is 12.8. The molecule has 1 spiro atoms. The smallest absolute Gasteiger partial charge is 0.270 e. The summed E-state index contributed by atoms with van der Waals surface area (Å²) >= 11 is 0. The number of methoxy groups -OCH3 is 1. The van der Waals surface area contributed by atoms with Gasteiger partial charge < -0.3 is 24.7 Å². The lowest BCUT2D eigenvalue weighted by Gasteiger charge is -2.50. The van der Waals surface area contributed by atoms with Crippen molar-refractivity contribution in [1.29, 1.82) is 0 Å². The molecule has 27 heavy (non-hydrogen) atoms. The number of fused-ring (bicyclic) bond motifs is 1. The number of H-pyrrole nitrogens is 1. The van der Waals surface area contributed by atoms with Gasteiger partial charge in [-0.25, -0.2) is 0 Å². The minimum atomic E-state index is -0.256. The summed E-state index contributed by atoms with van der Waals surface area (Å²) < 4.78 is 10.8. The normalized spacial score (nSPS) is 20.8. The third kappa shape index (κ3) is 3.44. The van der Waals surface area contributed by atoms with Crippen molar-refractivity contribution >= 4 is 22.7 Å². The van der Waals surface area contributed by atoms with E-state index in [-0.39, 0.29) is 24.0 Å². The first-order valence-corrected chi connectivity index (χ1v) is 9.38. The Labute approximate surface area is 158 Å². The fraction of sp³-hybridized carbons (Fsp3) is 0.500. The molecule has 7 nitrogen and oxygen atoms in total. The molecule has 1 unspecified atom stereocenters. The Bertz CT molecular complexity index is 808. The third-order valence-corrected chi connectivity index (χ3v) is 5.65. The molecule has 7 heteroatoms. The molecule has 2 N–H and O–H groups in total. The summed E-state index contributed by atoms with van der Waals surface area (Å²) in [5, 5.41) is 3.91. The molecule has 2 fully saturated rings. The van der Waals surface area contributed by atoms with Crippen molar-refractivity contribution in [3.63, 3.8) is 0 Å². The van der Waals surface area contributed by atoms with Crippen LogP contribution in [-0.4, -0.2) is 67.3 Å². The van der Waals surface area contributed by atoms with Crippen LogP contribution >= 0.6 is 0 Å². The zero-order valence-corrected chi connectivity index (χ0v) is 15.5. The molecule has 0 aliphatic carbocycles. The fourth-order valence-electron chi connectivity index (χ4n) is 4.21. The van der Waals surface area contributed by atoms with Gasteiger partial charge in [0.25, 0.3) is 5.91 Å². The van der Waals surface area contributed by atoms with Crippen LogP contribution in [0.25, 0.3) is 10.9 Å². The minimum absolute atomic E-state index is 0.0134. The Hall–Kier alpha value is -2.38. The average Bonchev–Trinajstić information content (AvgIpc) is 3.24. The number of benzene rings is 1. The van der Waals surface area contributed by atoms with Crippen LogP contribution < -0.4 is 5.32 Å². The van der Waals surface area contributed by atoms with Gasteiger partial charge in [0, 0.05) is 31.2 Å². The van der Waals surface area contributed by atoms with Crippen LogP contribution in [-0.2, 0) is 14.3 Å². The number of carbonyl (C=O) groups excluding carboxylic acids is 2. The predicted molar refractivity (Wildman–Crippen MR) is 100 cm³/mol. The summed E-state index contributed by atoms with van der Waals surface area (Å²) in [7, 11) is 1.51. The van der Waals surface area contributed by atoms with Gasteiger partial charge in [0.2, 0.25) is 5.91 Å². The number of nitrogens with zero attached hydrogens (tertiary/aromatic N) is 1. The van der Waals surface area contributed by atoms with Crippen molar-refractivity contribution in [1.82, 2.24) is 15.2 Å². The highest BCUT2D eigenvalue weighted by Gasteiger charge is 2.54. The van der Waals surface area contributed by atoms with Crippen LogP contribution in [0.3, 0.4) is 0 Å². The second kappa shape index (κ2) is 7.32. The first-order chi connectivity index (χ1) is 13.1. The average molecular weight is 371 g/mol. The van der Waals surface area contributed by atoms with Crippen LogP contribution in [0.1, 0.15) is 23.3 Å². The largest absolute Gasteiger partial charge is 0.375 e. The van der Waals surface area contributed by atoms with Gasteiger partial charge in [-0.2, -0.15) is 0 Å². The molecule has 0 saturated carbocycles. The maximum absolute atomic E-state index is 12.8. The molecule has 2 amide bonds. The molecule has 4 rings (SSSR count). The first kappa shape index (κ1) is 18.0. The molecule has 1 aromatic heterocycles. The SMILES string of the molecule is COCC(=O)NCCC1CCOC12CN(C(=O)c1cc3ccccc3[nH]1)C2. The standard InChI is InChI=1S/C20H25N3O4/c1-26-11-18(24)21-8-6-15-7-9-27-20(15)12-23(13-20)19(25)17-10-14-4-2-3-5-16(14)22-17/h2-5,10,15,22H,6-9,11-13H2,1H3,(H,21,24). The monoisotopic (exact) mass is 371 g/mol. The summed E-state index contributed by atoms with van der Waals surface area (Å²) in [5.41, 5.74) is 1.33. The second-order valence-electron chi connectivity index (χ2n) is 7.40. The number of aromatic amines is 1. The van der Waals surface area contributed by atoms with Crippen molar-refractivity contribution in [2.75, 3.05) is 40.0 Å². The molecular formula is C20H25N3O4. The number of rotatable bonds is 6. The number of hydrogen-bond donors (Lipinski definition) is 2. The second-order valence-corrected chi connectivity index (χ2v) is 7.40. The lowest BCUT2D eigenvalue weighted by atomic mass is 9.78.